The van der Waals surface area contributed by atoms with Crippen molar-refractivity contribution in [3.8, 4) is 0 Å². The zero-order chi connectivity index (χ0) is 6.24. The number of nitrogens with zero attached hydrogens (tertiary/aromatic N) is 1. The molecule has 2 N–H and O–H groups in total. The van der Waals surface area contributed by atoms with Gasteiger partial charge in [0, 0.05) is 12.4 Å². The Labute approximate surface area is 56.7 Å². The summed E-state index contributed by atoms with van der Waals surface area (Å²) in [6, 6.07) is 5.72. The summed E-state index contributed by atoms with van der Waals surface area (Å²) in [6.45, 7) is 0. The Morgan fingerprint density at radius 3 is 1.62 bits per heavy atom. The molecule has 0 atom stereocenters. The molecule has 0 radical (unpaired) electrons. The van der Waals surface area contributed by atoms with E-state index in [0.29, 0.717) is 0 Å². The molecule has 0 unspecified atom stereocenters. The van der Waals surface area contributed by atoms with Gasteiger partial charge >= 0.3 is 20.5 Å². The summed E-state index contributed by atoms with van der Waals surface area (Å²) in [7, 11) is 0. The van der Waals surface area contributed by atoms with E-state index in [1.54, 1.807) is 12.4 Å². The second-order valence-electron chi connectivity index (χ2n) is 1.02. The molecule has 47 valence electrons. The van der Waals surface area contributed by atoms with Crippen LogP contribution in [0.25, 0.3) is 0 Å². The van der Waals surface area contributed by atoms with Gasteiger partial charge in [-0.1, -0.05) is 6.07 Å². The van der Waals surface area contributed by atoms with Crippen LogP contribution in [0, 0.1) is 0 Å². The molecule has 8 heavy (non-hydrogen) atoms. The van der Waals surface area contributed by atoms with Crippen molar-refractivity contribution in [2.24, 2.45) is 4.81 Å². The number of hydrogen-bond acceptors (Lipinski definition) is 2. The van der Waals surface area contributed by atoms with E-state index in [2.05, 4.69) is 25.5 Å². The molecule has 1 aromatic heterocycles. The van der Waals surface area contributed by atoms with Gasteiger partial charge in [0.05, 0.1) is 0 Å². The number of rotatable bonds is 0. The summed E-state index contributed by atoms with van der Waals surface area (Å²) in [6.07, 6.45) is 3.50. The van der Waals surface area contributed by atoms with E-state index >= 15 is 0 Å². The summed E-state index contributed by atoms with van der Waals surface area (Å²) in [5, 5.41) is 0. The largest absolute Gasteiger partial charge is 0.265 e. The molecule has 0 amide bonds. The Morgan fingerprint density at radius 2 is 1.50 bits per heavy atom. The van der Waals surface area contributed by atoms with Crippen LogP contribution in [0.4, 0.5) is 0 Å². The van der Waals surface area contributed by atoms with Gasteiger partial charge in [-0.05, 0) is 12.1 Å². The maximum absolute atomic E-state index is 4.12. The average molecular weight is 154 g/mol. The molecule has 1 heterocycles. The maximum Gasteiger partial charge on any atom is 0.0267 e. The summed E-state index contributed by atoms with van der Waals surface area (Å²) < 4.78 is 0. The predicted octanol–water partition coefficient (Wildman–Crippen LogP) is 0.489. The molecule has 1 rings (SSSR count). The molecule has 0 aliphatic rings. The summed E-state index contributed by atoms with van der Waals surface area (Å²) in [5.41, 5.74) is 0. The van der Waals surface area contributed by atoms with Gasteiger partial charge in [-0.15, -0.1) is 0 Å². The van der Waals surface area contributed by atoms with E-state index in [4.69, 9.17) is 0 Å². The van der Waals surface area contributed by atoms with Crippen molar-refractivity contribution in [1.29, 1.82) is 0 Å². The quantitative estimate of drug-likeness (QED) is 0.552. The van der Waals surface area contributed by atoms with Gasteiger partial charge in [0.15, 0.2) is 0 Å². The molecule has 1 aromatic rings. The van der Waals surface area contributed by atoms with Crippen LogP contribution in [-0.2, 0) is 15.7 Å². The second-order valence-corrected chi connectivity index (χ2v) is 1.02. The molecular weight excluding hydrogens is 147 g/mol. The predicted molar refractivity (Wildman–Crippen MR) is 28.4 cm³/mol. The van der Waals surface area contributed by atoms with Gasteiger partial charge in [-0.2, -0.15) is 0 Å². The molecule has 0 bridgehead atoms. The van der Waals surface area contributed by atoms with Gasteiger partial charge in [-0.25, -0.2) is 0 Å². The smallest absolute Gasteiger partial charge is 0.0267 e. The van der Waals surface area contributed by atoms with E-state index in [1.165, 1.54) is 0 Å². The molecule has 0 saturated carbocycles. The van der Waals surface area contributed by atoms with Crippen molar-refractivity contribution in [3.05, 3.63) is 30.6 Å². The average Bonchev–Trinajstić information content (AvgIpc) is 1.96. The van der Waals surface area contributed by atoms with Crippen LogP contribution in [0.3, 0.4) is 0 Å². The van der Waals surface area contributed by atoms with Crippen LogP contribution >= 0.6 is 0 Å². The van der Waals surface area contributed by atoms with Crippen LogP contribution in [0.15, 0.2) is 30.6 Å². The van der Waals surface area contributed by atoms with E-state index in [0.717, 1.165) is 0 Å². The van der Waals surface area contributed by atoms with Gasteiger partial charge < -0.3 is 0 Å². The Kier molecular flexibility index (Phi) is 6.28. The van der Waals surface area contributed by atoms with Crippen molar-refractivity contribution in [1.82, 2.24) is 4.98 Å². The van der Waals surface area contributed by atoms with E-state index in [1.807, 2.05) is 18.2 Å². The first-order chi connectivity index (χ1) is 4.00. The zero-order valence-electron chi connectivity index (χ0n) is 4.23. The number of pyridine rings is 1. The van der Waals surface area contributed by atoms with Crippen LogP contribution in [0.2, 0.25) is 0 Å². The van der Waals surface area contributed by atoms with Crippen molar-refractivity contribution in [3.63, 3.8) is 0 Å². The molecular formula is C5H7N2Ni. The van der Waals surface area contributed by atoms with Gasteiger partial charge in [0.2, 0.25) is 0 Å². The monoisotopic (exact) mass is 153 g/mol. The van der Waals surface area contributed by atoms with E-state index < -0.39 is 0 Å². The van der Waals surface area contributed by atoms with Gasteiger partial charge in [-0.3, -0.25) is 4.98 Å². The van der Waals surface area contributed by atoms with Crippen molar-refractivity contribution >= 4 is 0 Å². The Bertz CT molecular complexity index is 82.4. The number of aromatic nitrogens is 1. The topological polar surface area (TPSA) is 38.9 Å². The number of nitrogens with two attached hydrogens (primary N) is 1. The standard InChI is InChI=1S/C5H5N.H2N.Ni/c1-2-4-6-5-3-1;;/h1-5H;1H2;/q;-1;+1. The first-order valence-corrected chi connectivity index (χ1v) is 2.60. The fourth-order valence-electron chi connectivity index (χ4n) is 0.313. The third-order valence-electron chi connectivity index (χ3n) is 0.566. The van der Waals surface area contributed by atoms with Gasteiger partial charge in [0.25, 0.3) is 0 Å². The first-order valence-electron chi connectivity index (χ1n) is 2.03. The van der Waals surface area contributed by atoms with Crippen molar-refractivity contribution < 1.29 is 15.7 Å². The molecule has 0 fully saturated rings. The Morgan fingerprint density at radius 1 is 1.00 bits per heavy atom. The fourth-order valence-corrected chi connectivity index (χ4v) is 0.313. The summed E-state index contributed by atoms with van der Waals surface area (Å²) in [4.78, 5) is 7.91. The molecule has 0 aromatic carbocycles. The third-order valence-corrected chi connectivity index (χ3v) is 0.566. The van der Waals surface area contributed by atoms with Crippen molar-refractivity contribution in [2.45, 2.75) is 0 Å². The molecule has 0 aliphatic heterocycles. The van der Waals surface area contributed by atoms with Crippen LogP contribution in [0.5, 0.6) is 0 Å². The summed E-state index contributed by atoms with van der Waals surface area (Å²) >= 11 is 3.38. The normalized spacial score (nSPS) is 6.88. The van der Waals surface area contributed by atoms with E-state index in [-0.39, 0.29) is 0 Å². The molecule has 0 aliphatic carbocycles. The minimum absolute atomic E-state index is 1.75. The van der Waals surface area contributed by atoms with Gasteiger partial charge in [0.1, 0.15) is 0 Å². The third kappa shape index (κ3) is 3.78. The van der Waals surface area contributed by atoms with Crippen LogP contribution < -0.4 is 4.81 Å². The summed E-state index contributed by atoms with van der Waals surface area (Å²) in [5.74, 6) is 0. The zero-order valence-corrected chi connectivity index (χ0v) is 5.22. The molecule has 3 heteroatoms. The molecule has 0 spiro atoms. The van der Waals surface area contributed by atoms with E-state index in [9.17, 15) is 0 Å². The SMILES string of the molecule is [NH2][Ni].c1ccncc1. The maximum atomic E-state index is 4.12. The molecule has 2 nitrogen and oxygen atoms in total. The minimum Gasteiger partial charge on any atom is -0.265 e. The van der Waals surface area contributed by atoms with Crippen LogP contribution in [0.1, 0.15) is 0 Å². The Hall–Kier alpha value is -0.396. The fraction of sp³-hybridized carbons (Fsp3) is 0. The van der Waals surface area contributed by atoms with Crippen LogP contribution in [-0.4, -0.2) is 4.98 Å². The second kappa shape index (κ2) is 6.60. The van der Waals surface area contributed by atoms with Crippen molar-refractivity contribution in [2.75, 3.05) is 0 Å². The first kappa shape index (κ1) is 7.60. The Balaban J connectivity index is 0.000000222. The number of hydrogen-bond donors (Lipinski definition) is 1. The minimum atomic E-state index is 1.75. The molecule has 0 saturated heterocycles.